The average molecular weight is 242 g/mol. The highest BCUT2D eigenvalue weighted by molar-refractivity contribution is 5.77. The van der Waals surface area contributed by atoms with Crippen LogP contribution in [0.25, 0.3) is 0 Å². The number of rotatable bonds is 3. The van der Waals surface area contributed by atoms with Crippen molar-refractivity contribution in [3.8, 4) is 0 Å². The van der Waals surface area contributed by atoms with Gasteiger partial charge >= 0.3 is 5.97 Å². The van der Waals surface area contributed by atoms with Crippen molar-refractivity contribution in [1.82, 2.24) is 0 Å². The van der Waals surface area contributed by atoms with Crippen LogP contribution < -0.4 is 0 Å². The molecule has 0 aromatic rings. The van der Waals surface area contributed by atoms with Gasteiger partial charge < -0.3 is 14.6 Å². The summed E-state index contributed by atoms with van der Waals surface area (Å²) in [5, 5.41) is 9.49. The van der Waals surface area contributed by atoms with E-state index in [9.17, 15) is 9.90 Å². The smallest absolute Gasteiger partial charge is 0.335 e. The molecule has 0 bridgehead atoms. The Labute approximate surface area is 102 Å². The molecule has 2 fully saturated rings. The molecule has 0 spiro atoms. The largest absolute Gasteiger partial charge is 0.479 e. The summed E-state index contributed by atoms with van der Waals surface area (Å²) in [7, 11) is 0. The number of carboxylic acids is 1. The maximum atomic E-state index is 11.5. The second kappa shape index (κ2) is 5.83. The molecule has 1 N–H and O–H groups in total. The zero-order valence-electron chi connectivity index (χ0n) is 10.3. The lowest BCUT2D eigenvalue weighted by Crippen LogP contribution is -2.45. The highest BCUT2D eigenvalue weighted by Gasteiger charge is 2.41. The van der Waals surface area contributed by atoms with Gasteiger partial charge in [0.1, 0.15) is 0 Å². The lowest BCUT2D eigenvalue weighted by Gasteiger charge is -2.34. The first-order valence-corrected chi connectivity index (χ1v) is 6.72. The van der Waals surface area contributed by atoms with Gasteiger partial charge in [0.15, 0.2) is 5.60 Å². The topological polar surface area (TPSA) is 55.8 Å². The fourth-order valence-electron chi connectivity index (χ4n) is 2.79. The monoisotopic (exact) mass is 242 g/mol. The minimum Gasteiger partial charge on any atom is -0.479 e. The quantitative estimate of drug-likeness (QED) is 0.772. The Bertz CT molecular complexity index is 250. The van der Waals surface area contributed by atoms with Crippen molar-refractivity contribution in [2.45, 2.75) is 63.1 Å². The predicted molar refractivity (Wildman–Crippen MR) is 63.0 cm³/mol. The Morgan fingerprint density at radius 3 is 2.24 bits per heavy atom. The zero-order valence-corrected chi connectivity index (χ0v) is 10.3. The molecule has 4 nitrogen and oxygen atoms in total. The first-order valence-electron chi connectivity index (χ1n) is 6.72. The number of carbonyl (C=O) groups is 1. The number of aliphatic carboxylic acids is 1. The Morgan fingerprint density at radius 2 is 1.71 bits per heavy atom. The van der Waals surface area contributed by atoms with E-state index in [1.807, 2.05) is 0 Å². The minimum absolute atomic E-state index is 0.0675. The van der Waals surface area contributed by atoms with Crippen LogP contribution in [0.5, 0.6) is 0 Å². The van der Waals surface area contributed by atoms with Crippen LogP contribution >= 0.6 is 0 Å². The third-order valence-corrected chi connectivity index (χ3v) is 3.86. The van der Waals surface area contributed by atoms with E-state index >= 15 is 0 Å². The van der Waals surface area contributed by atoms with Crippen molar-refractivity contribution in [3.63, 3.8) is 0 Å². The van der Waals surface area contributed by atoms with Crippen LogP contribution in [-0.2, 0) is 14.3 Å². The maximum absolute atomic E-state index is 11.5. The molecule has 0 aromatic heterocycles. The highest BCUT2D eigenvalue weighted by atomic mass is 16.5. The van der Waals surface area contributed by atoms with Crippen LogP contribution in [0, 0.1) is 0 Å². The van der Waals surface area contributed by atoms with E-state index in [-0.39, 0.29) is 6.10 Å². The third kappa shape index (κ3) is 3.19. The highest BCUT2D eigenvalue weighted by Crippen LogP contribution is 2.33. The van der Waals surface area contributed by atoms with Crippen LogP contribution in [0.4, 0.5) is 0 Å². The molecule has 98 valence electrons. The SMILES string of the molecule is O=C(O)C1(OC2CCOCC2)CCCCCC1. The van der Waals surface area contributed by atoms with Gasteiger partial charge in [0.2, 0.25) is 0 Å². The first kappa shape index (κ1) is 12.8. The molecule has 1 saturated heterocycles. The second-order valence-corrected chi connectivity index (χ2v) is 5.14. The average Bonchev–Trinajstić information content (AvgIpc) is 2.57. The molecule has 2 aliphatic rings. The van der Waals surface area contributed by atoms with E-state index in [1.54, 1.807) is 0 Å². The van der Waals surface area contributed by atoms with Gasteiger partial charge in [-0.3, -0.25) is 0 Å². The molecule has 0 radical (unpaired) electrons. The van der Waals surface area contributed by atoms with E-state index in [2.05, 4.69) is 0 Å². The number of hydrogen-bond acceptors (Lipinski definition) is 3. The van der Waals surface area contributed by atoms with Gasteiger partial charge in [-0.15, -0.1) is 0 Å². The standard InChI is InChI=1S/C13H22O4/c14-12(15)13(7-3-1-2-4-8-13)17-11-5-9-16-10-6-11/h11H,1-10H2,(H,14,15). The van der Waals surface area contributed by atoms with Crippen LogP contribution in [0.1, 0.15) is 51.4 Å². The van der Waals surface area contributed by atoms with Gasteiger partial charge in [-0.1, -0.05) is 12.8 Å². The third-order valence-electron chi connectivity index (χ3n) is 3.86. The molecule has 1 aliphatic carbocycles. The molecule has 4 heteroatoms. The lowest BCUT2D eigenvalue weighted by molar-refractivity contribution is -0.183. The first-order chi connectivity index (χ1) is 8.23. The fraction of sp³-hybridized carbons (Fsp3) is 0.923. The van der Waals surface area contributed by atoms with Crippen molar-refractivity contribution in [1.29, 1.82) is 0 Å². The fourth-order valence-corrected chi connectivity index (χ4v) is 2.79. The summed E-state index contributed by atoms with van der Waals surface area (Å²) in [6, 6.07) is 0. The minimum atomic E-state index is -0.918. The van der Waals surface area contributed by atoms with Gasteiger partial charge in [0.05, 0.1) is 6.10 Å². The Morgan fingerprint density at radius 1 is 1.12 bits per heavy atom. The molecule has 0 amide bonds. The summed E-state index contributed by atoms with van der Waals surface area (Å²) < 4.78 is 11.3. The van der Waals surface area contributed by atoms with Crippen LogP contribution in [0.2, 0.25) is 0 Å². The Hall–Kier alpha value is -0.610. The number of ether oxygens (including phenoxy) is 2. The predicted octanol–water partition coefficient (Wildman–Crippen LogP) is 2.36. The van der Waals surface area contributed by atoms with E-state index in [0.717, 1.165) is 38.5 Å². The molecule has 1 aliphatic heterocycles. The van der Waals surface area contributed by atoms with Gasteiger partial charge in [-0.25, -0.2) is 4.79 Å². The Balaban J connectivity index is 2.01. The second-order valence-electron chi connectivity index (χ2n) is 5.14. The number of carboxylic acid groups (broad SMARTS) is 1. The van der Waals surface area contributed by atoms with Crippen molar-refractivity contribution >= 4 is 5.97 Å². The molecular formula is C13H22O4. The van der Waals surface area contributed by atoms with Gasteiger partial charge in [0, 0.05) is 13.2 Å². The summed E-state index contributed by atoms with van der Waals surface area (Å²) in [6.45, 7) is 1.39. The molecule has 0 unspecified atom stereocenters. The van der Waals surface area contributed by atoms with Crippen molar-refractivity contribution in [2.75, 3.05) is 13.2 Å². The van der Waals surface area contributed by atoms with Gasteiger partial charge in [-0.2, -0.15) is 0 Å². The normalized spacial score (nSPS) is 26.4. The Kier molecular flexibility index (Phi) is 4.40. The molecule has 2 rings (SSSR count). The number of hydrogen-bond donors (Lipinski definition) is 1. The van der Waals surface area contributed by atoms with Crippen LogP contribution in [-0.4, -0.2) is 36.0 Å². The summed E-state index contributed by atoms with van der Waals surface area (Å²) in [4.78, 5) is 11.5. The molecular weight excluding hydrogens is 220 g/mol. The zero-order chi connectivity index (χ0) is 12.1. The summed E-state index contributed by atoms with van der Waals surface area (Å²) >= 11 is 0. The van der Waals surface area contributed by atoms with Crippen molar-refractivity contribution in [3.05, 3.63) is 0 Å². The molecule has 1 heterocycles. The van der Waals surface area contributed by atoms with E-state index in [1.165, 1.54) is 0 Å². The molecule has 17 heavy (non-hydrogen) atoms. The van der Waals surface area contributed by atoms with Crippen molar-refractivity contribution in [2.24, 2.45) is 0 Å². The molecule has 0 atom stereocenters. The maximum Gasteiger partial charge on any atom is 0.335 e. The lowest BCUT2D eigenvalue weighted by atomic mass is 9.93. The summed E-state index contributed by atoms with van der Waals surface area (Å²) in [5.41, 5.74) is -0.918. The van der Waals surface area contributed by atoms with E-state index < -0.39 is 11.6 Å². The molecule has 1 saturated carbocycles. The summed E-state index contributed by atoms with van der Waals surface area (Å²) in [6.07, 6.45) is 7.25. The van der Waals surface area contributed by atoms with Crippen molar-refractivity contribution < 1.29 is 19.4 Å². The van der Waals surface area contributed by atoms with Crippen LogP contribution in [0.15, 0.2) is 0 Å². The summed E-state index contributed by atoms with van der Waals surface area (Å²) in [5.74, 6) is -0.772. The van der Waals surface area contributed by atoms with Gasteiger partial charge in [-0.05, 0) is 38.5 Å². The van der Waals surface area contributed by atoms with E-state index in [4.69, 9.17) is 9.47 Å². The molecule has 0 aromatic carbocycles. The van der Waals surface area contributed by atoms with Gasteiger partial charge in [0.25, 0.3) is 0 Å². The van der Waals surface area contributed by atoms with E-state index in [0.29, 0.717) is 26.1 Å². The van der Waals surface area contributed by atoms with Crippen LogP contribution in [0.3, 0.4) is 0 Å².